The topological polar surface area (TPSA) is 109 Å². The van der Waals surface area contributed by atoms with Gasteiger partial charge in [-0.2, -0.15) is 4.98 Å². The van der Waals surface area contributed by atoms with Crippen molar-refractivity contribution in [3.8, 4) is 0 Å². The van der Waals surface area contributed by atoms with Gasteiger partial charge in [0.15, 0.2) is 0 Å². The van der Waals surface area contributed by atoms with E-state index in [0.717, 1.165) is 81.3 Å². The number of carbonyl (C=O) groups excluding carboxylic acids is 1. The molecule has 0 radical (unpaired) electrons. The van der Waals surface area contributed by atoms with Crippen LogP contribution in [0.3, 0.4) is 0 Å². The Labute approximate surface area is 218 Å². The van der Waals surface area contributed by atoms with Crippen molar-refractivity contribution in [1.29, 1.82) is 0 Å². The predicted molar refractivity (Wildman–Crippen MR) is 148 cm³/mol. The Morgan fingerprint density at radius 2 is 1.84 bits per heavy atom. The fourth-order valence-electron chi connectivity index (χ4n) is 5.76. The van der Waals surface area contributed by atoms with E-state index < -0.39 is 0 Å². The van der Waals surface area contributed by atoms with Crippen LogP contribution in [0.5, 0.6) is 0 Å². The number of primary amides is 1. The summed E-state index contributed by atoms with van der Waals surface area (Å²) in [7, 11) is 2.16. The van der Waals surface area contributed by atoms with Crippen molar-refractivity contribution < 1.29 is 4.79 Å². The lowest BCUT2D eigenvalue weighted by atomic mass is 9.85. The number of nitrogens with one attached hydrogen (secondary N) is 1. The van der Waals surface area contributed by atoms with Crippen molar-refractivity contribution in [2.75, 3.05) is 45.1 Å². The van der Waals surface area contributed by atoms with E-state index in [1.54, 1.807) is 0 Å². The normalized spacial score (nSPS) is 21.5. The summed E-state index contributed by atoms with van der Waals surface area (Å²) < 4.78 is 1.88. The van der Waals surface area contributed by atoms with Gasteiger partial charge in [0.1, 0.15) is 5.65 Å². The SMILES string of the molecule is CCCCNc1ncc2c3ccc(CN4CCN(C)CC4)cc3c(=O)n(C3CCC(C(N)=O)CC3)c2n1. The van der Waals surface area contributed by atoms with Gasteiger partial charge in [0.2, 0.25) is 11.9 Å². The molecule has 37 heavy (non-hydrogen) atoms. The van der Waals surface area contributed by atoms with E-state index in [1.807, 2.05) is 10.8 Å². The minimum Gasteiger partial charge on any atom is -0.369 e. The van der Waals surface area contributed by atoms with Crippen LogP contribution in [0.4, 0.5) is 5.95 Å². The molecule has 1 aliphatic heterocycles. The molecule has 5 rings (SSSR count). The van der Waals surface area contributed by atoms with Gasteiger partial charge >= 0.3 is 0 Å². The average Bonchev–Trinajstić information content (AvgIpc) is 2.90. The summed E-state index contributed by atoms with van der Waals surface area (Å²) in [6, 6.07) is 6.24. The van der Waals surface area contributed by atoms with Gasteiger partial charge in [-0.3, -0.25) is 19.1 Å². The van der Waals surface area contributed by atoms with Crippen LogP contribution in [0, 0.1) is 5.92 Å². The molecule has 3 heterocycles. The molecule has 0 spiro atoms. The Morgan fingerprint density at radius 1 is 1.08 bits per heavy atom. The molecular formula is C28H39N7O2. The number of hydrogen-bond acceptors (Lipinski definition) is 7. The zero-order valence-corrected chi connectivity index (χ0v) is 22.1. The zero-order chi connectivity index (χ0) is 25.9. The highest BCUT2D eigenvalue weighted by Crippen LogP contribution is 2.34. The summed E-state index contributed by atoms with van der Waals surface area (Å²) in [5, 5.41) is 5.80. The summed E-state index contributed by atoms with van der Waals surface area (Å²) in [5.41, 5.74) is 7.39. The molecule has 1 saturated carbocycles. The van der Waals surface area contributed by atoms with Gasteiger partial charge in [-0.15, -0.1) is 0 Å². The van der Waals surface area contributed by atoms with Crippen LogP contribution in [0.2, 0.25) is 0 Å². The molecule has 2 aliphatic rings. The zero-order valence-electron chi connectivity index (χ0n) is 22.1. The van der Waals surface area contributed by atoms with E-state index in [9.17, 15) is 9.59 Å². The van der Waals surface area contributed by atoms with Crippen LogP contribution < -0.4 is 16.6 Å². The van der Waals surface area contributed by atoms with Gasteiger partial charge in [0.25, 0.3) is 5.56 Å². The Hall–Kier alpha value is -3.04. The number of unbranched alkanes of at least 4 members (excludes halogenated alkanes) is 1. The minimum absolute atomic E-state index is 0.0107. The lowest BCUT2D eigenvalue weighted by Crippen LogP contribution is -2.43. The van der Waals surface area contributed by atoms with Crippen LogP contribution in [-0.2, 0) is 11.3 Å². The molecule has 9 nitrogen and oxygen atoms in total. The first kappa shape index (κ1) is 25.6. The number of amides is 1. The van der Waals surface area contributed by atoms with E-state index in [-0.39, 0.29) is 23.4 Å². The van der Waals surface area contributed by atoms with E-state index in [2.05, 4.69) is 52.3 Å². The number of likely N-dealkylation sites (N-methyl/N-ethyl adjacent to an activating group) is 1. The Balaban J connectivity index is 1.56. The van der Waals surface area contributed by atoms with E-state index in [0.29, 0.717) is 29.8 Å². The van der Waals surface area contributed by atoms with Crippen molar-refractivity contribution >= 4 is 33.7 Å². The summed E-state index contributed by atoms with van der Waals surface area (Å²) in [4.78, 5) is 40.1. The quantitative estimate of drug-likeness (QED) is 0.358. The van der Waals surface area contributed by atoms with Gasteiger partial charge in [0, 0.05) is 68.2 Å². The Kier molecular flexibility index (Phi) is 7.71. The maximum atomic E-state index is 14.1. The molecule has 1 saturated heterocycles. The first-order valence-corrected chi connectivity index (χ1v) is 13.7. The molecule has 1 aromatic carbocycles. The molecule has 9 heteroatoms. The summed E-state index contributed by atoms with van der Waals surface area (Å²) in [6.07, 6.45) is 6.82. The molecule has 0 unspecified atom stereocenters. The van der Waals surface area contributed by atoms with Gasteiger partial charge in [-0.25, -0.2) is 4.98 Å². The van der Waals surface area contributed by atoms with Gasteiger partial charge in [-0.05, 0) is 56.2 Å². The number of piperazine rings is 1. The second-order valence-corrected chi connectivity index (χ2v) is 10.8. The molecule has 3 aromatic rings. The molecule has 1 amide bonds. The van der Waals surface area contributed by atoms with Crippen LogP contribution in [0.1, 0.15) is 57.1 Å². The molecule has 0 atom stereocenters. The minimum atomic E-state index is -0.243. The fourth-order valence-corrected chi connectivity index (χ4v) is 5.76. The van der Waals surface area contributed by atoms with Crippen LogP contribution in [-0.4, -0.2) is 70.0 Å². The number of anilines is 1. The van der Waals surface area contributed by atoms with Crippen LogP contribution in [0.25, 0.3) is 21.8 Å². The molecule has 3 N–H and O–H groups in total. The molecule has 1 aliphatic carbocycles. The van der Waals surface area contributed by atoms with Crippen LogP contribution >= 0.6 is 0 Å². The molecule has 0 bridgehead atoms. The van der Waals surface area contributed by atoms with Crippen molar-refractivity contribution in [3.05, 3.63) is 40.3 Å². The smallest absolute Gasteiger partial charge is 0.260 e. The third-order valence-electron chi connectivity index (χ3n) is 8.10. The molecular weight excluding hydrogens is 466 g/mol. The number of aromatic nitrogens is 3. The highest BCUT2D eigenvalue weighted by Gasteiger charge is 2.28. The van der Waals surface area contributed by atoms with E-state index in [1.165, 1.54) is 0 Å². The van der Waals surface area contributed by atoms with Gasteiger partial charge in [-0.1, -0.05) is 25.5 Å². The Bertz CT molecular complexity index is 1320. The predicted octanol–water partition coefficient (Wildman–Crippen LogP) is 3.12. The first-order chi connectivity index (χ1) is 17.9. The summed E-state index contributed by atoms with van der Waals surface area (Å²) >= 11 is 0. The number of rotatable bonds is 8. The average molecular weight is 506 g/mol. The van der Waals surface area contributed by atoms with Gasteiger partial charge in [0.05, 0.1) is 0 Å². The first-order valence-electron chi connectivity index (χ1n) is 13.7. The van der Waals surface area contributed by atoms with Gasteiger partial charge < -0.3 is 16.0 Å². The standard InChI is InChI=1S/C28H39N7O2/c1-3-4-11-30-28-31-17-24-22-10-5-19(18-34-14-12-33(2)13-15-34)16-23(22)27(37)35(26(24)32-28)21-8-6-20(7-9-21)25(29)36/h5,10,16-17,20-21H,3-4,6-9,11-15,18H2,1-2H3,(H2,29,36)(H,30,31,32). The third-order valence-corrected chi connectivity index (χ3v) is 8.10. The van der Waals surface area contributed by atoms with Crippen molar-refractivity contribution in [2.45, 2.75) is 58.0 Å². The fraction of sp³-hybridized carbons (Fsp3) is 0.571. The Morgan fingerprint density at radius 3 is 2.54 bits per heavy atom. The van der Waals surface area contributed by atoms with Crippen molar-refractivity contribution in [1.82, 2.24) is 24.3 Å². The van der Waals surface area contributed by atoms with E-state index in [4.69, 9.17) is 10.7 Å². The van der Waals surface area contributed by atoms with E-state index >= 15 is 0 Å². The molecule has 2 fully saturated rings. The number of carbonyl (C=O) groups is 1. The number of fused-ring (bicyclic) bond motifs is 3. The van der Waals surface area contributed by atoms with Crippen LogP contribution in [0.15, 0.2) is 29.2 Å². The summed E-state index contributed by atoms with van der Waals surface area (Å²) in [5.74, 6) is 0.188. The molecule has 198 valence electrons. The number of pyridine rings is 1. The monoisotopic (exact) mass is 505 g/mol. The third kappa shape index (κ3) is 5.48. The highest BCUT2D eigenvalue weighted by molar-refractivity contribution is 6.04. The second kappa shape index (κ2) is 11.1. The summed E-state index contributed by atoms with van der Waals surface area (Å²) in [6.45, 7) is 7.95. The number of hydrogen-bond donors (Lipinski definition) is 2. The van der Waals surface area contributed by atoms with Crippen molar-refractivity contribution in [2.24, 2.45) is 11.7 Å². The lowest BCUT2D eigenvalue weighted by Gasteiger charge is -2.32. The maximum absolute atomic E-state index is 14.1. The largest absolute Gasteiger partial charge is 0.369 e. The highest BCUT2D eigenvalue weighted by atomic mass is 16.1. The maximum Gasteiger partial charge on any atom is 0.260 e. The molecule has 2 aromatic heterocycles. The number of nitrogens with zero attached hydrogens (tertiary/aromatic N) is 5. The second-order valence-electron chi connectivity index (χ2n) is 10.8. The van der Waals surface area contributed by atoms with Crippen molar-refractivity contribution in [3.63, 3.8) is 0 Å². The number of nitrogens with two attached hydrogens (primary N) is 1. The number of benzene rings is 1. The lowest BCUT2D eigenvalue weighted by molar-refractivity contribution is -0.122.